The Morgan fingerprint density at radius 2 is 1.74 bits per heavy atom. The molecule has 0 spiro atoms. The summed E-state index contributed by atoms with van der Waals surface area (Å²) in [5.74, 6) is -0.420. The minimum absolute atomic E-state index is 0.161. The molecule has 19 heavy (non-hydrogen) atoms. The predicted molar refractivity (Wildman–Crippen MR) is 75.1 cm³/mol. The zero-order valence-corrected chi connectivity index (χ0v) is 11.6. The van der Waals surface area contributed by atoms with Gasteiger partial charge in [0.1, 0.15) is 5.70 Å². The summed E-state index contributed by atoms with van der Waals surface area (Å²) < 4.78 is 0. The zero-order valence-electron chi connectivity index (χ0n) is 11.6. The van der Waals surface area contributed by atoms with Gasteiger partial charge in [-0.05, 0) is 25.0 Å². The maximum absolute atomic E-state index is 12.0. The molecule has 0 bridgehead atoms. The van der Waals surface area contributed by atoms with Crippen molar-refractivity contribution in [1.82, 2.24) is 10.6 Å². The molecule has 0 radical (unpaired) electrons. The van der Waals surface area contributed by atoms with Gasteiger partial charge in [0.25, 0.3) is 5.91 Å². The summed E-state index contributed by atoms with van der Waals surface area (Å²) in [6, 6.07) is 9.64. The van der Waals surface area contributed by atoms with E-state index in [4.69, 9.17) is 0 Å². The van der Waals surface area contributed by atoms with Gasteiger partial charge >= 0.3 is 0 Å². The van der Waals surface area contributed by atoms with E-state index in [-0.39, 0.29) is 11.8 Å². The van der Waals surface area contributed by atoms with Crippen LogP contribution in [0.15, 0.2) is 41.6 Å². The van der Waals surface area contributed by atoms with Crippen LogP contribution in [0.4, 0.5) is 0 Å². The number of allylic oxidation sites excluding steroid dienone is 1. The highest BCUT2D eigenvalue weighted by atomic mass is 16.2. The van der Waals surface area contributed by atoms with Gasteiger partial charge in [0.2, 0.25) is 5.91 Å². The minimum atomic E-state index is -0.259. The smallest absolute Gasteiger partial charge is 0.267 e. The van der Waals surface area contributed by atoms with Crippen molar-refractivity contribution in [3.05, 3.63) is 47.2 Å². The van der Waals surface area contributed by atoms with E-state index < -0.39 is 0 Å². The van der Waals surface area contributed by atoms with Gasteiger partial charge in [-0.15, -0.1) is 0 Å². The monoisotopic (exact) mass is 260 g/mol. The van der Waals surface area contributed by atoms with Crippen molar-refractivity contribution in [3.63, 3.8) is 0 Å². The van der Waals surface area contributed by atoms with Crippen LogP contribution in [-0.4, -0.2) is 11.8 Å². The second kappa shape index (κ2) is 7.36. The topological polar surface area (TPSA) is 58.2 Å². The lowest BCUT2D eigenvalue weighted by Crippen LogP contribution is -2.35. The van der Waals surface area contributed by atoms with E-state index in [2.05, 4.69) is 10.6 Å². The molecule has 1 aromatic carbocycles. The highest BCUT2D eigenvalue weighted by Gasteiger charge is 2.13. The number of amides is 2. The average molecular weight is 260 g/mol. The number of hydrogen-bond donors (Lipinski definition) is 2. The van der Waals surface area contributed by atoms with Crippen LogP contribution in [0.2, 0.25) is 0 Å². The molecule has 0 heterocycles. The van der Waals surface area contributed by atoms with Crippen molar-refractivity contribution in [3.8, 4) is 0 Å². The Morgan fingerprint density at radius 1 is 1.11 bits per heavy atom. The Labute approximate surface area is 113 Å². The molecule has 0 atom stereocenters. The van der Waals surface area contributed by atoms with Gasteiger partial charge in [0, 0.05) is 13.0 Å². The zero-order chi connectivity index (χ0) is 14.3. The van der Waals surface area contributed by atoms with Gasteiger partial charge in [-0.2, -0.15) is 0 Å². The molecule has 0 saturated carbocycles. The maximum Gasteiger partial charge on any atom is 0.267 e. The first-order valence-electron chi connectivity index (χ1n) is 6.34. The first-order valence-corrected chi connectivity index (χ1v) is 6.34. The van der Waals surface area contributed by atoms with Gasteiger partial charge in [-0.25, -0.2) is 0 Å². The lowest BCUT2D eigenvalue weighted by atomic mass is 10.2. The molecule has 4 heteroatoms. The largest absolute Gasteiger partial charge is 0.347 e. The van der Waals surface area contributed by atoms with Gasteiger partial charge in [-0.1, -0.05) is 37.3 Å². The summed E-state index contributed by atoms with van der Waals surface area (Å²) >= 11 is 0. The predicted octanol–water partition coefficient (Wildman–Crippen LogP) is 2.12. The summed E-state index contributed by atoms with van der Waals surface area (Å²) in [5.41, 5.74) is 2.14. The van der Waals surface area contributed by atoms with E-state index in [1.807, 2.05) is 30.3 Å². The Kier molecular flexibility index (Phi) is 5.79. The molecule has 0 aliphatic rings. The molecule has 0 unspecified atom stereocenters. The van der Waals surface area contributed by atoms with E-state index in [1.54, 1.807) is 20.8 Å². The van der Waals surface area contributed by atoms with Crippen molar-refractivity contribution in [2.75, 3.05) is 0 Å². The molecule has 0 aromatic heterocycles. The van der Waals surface area contributed by atoms with Crippen molar-refractivity contribution in [2.24, 2.45) is 0 Å². The fourth-order valence-electron chi connectivity index (χ4n) is 1.50. The van der Waals surface area contributed by atoms with Crippen LogP contribution in [0, 0.1) is 0 Å². The minimum Gasteiger partial charge on any atom is -0.347 e. The third-order valence-electron chi connectivity index (χ3n) is 2.61. The van der Waals surface area contributed by atoms with Gasteiger partial charge in [0.05, 0.1) is 0 Å². The summed E-state index contributed by atoms with van der Waals surface area (Å²) in [7, 11) is 0. The van der Waals surface area contributed by atoms with Gasteiger partial charge in [0.15, 0.2) is 0 Å². The fourth-order valence-corrected chi connectivity index (χ4v) is 1.50. The SMILES string of the molecule is CCC(=O)NC(C(=O)NCc1ccccc1)=C(C)C. The first-order chi connectivity index (χ1) is 9.04. The van der Waals surface area contributed by atoms with Crippen molar-refractivity contribution in [1.29, 1.82) is 0 Å². The maximum atomic E-state index is 12.0. The van der Waals surface area contributed by atoms with Crippen LogP contribution in [0.3, 0.4) is 0 Å². The normalized spacial score (nSPS) is 9.63. The van der Waals surface area contributed by atoms with Crippen LogP contribution in [-0.2, 0) is 16.1 Å². The van der Waals surface area contributed by atoms with E-state index in [0.29, 0.717) is 18.7 Å². The van der Waals surface area contributed by atoms with Crippen molar-refractivity contribution in [2.45, 2.75) is 33.7 Å². The van der Waals surface area contributed by atoms with Crippen LogP contribution >= 0.6 is 0 Å². The van der Waals surface area contributed by atoms with Gasteiger partial charge < -0.3 is 10.6 Å². The lowest BCUT2D eigenvalue weighted by Gasteiger charge is -2.12. The Morgan fingerprint density at radius 3 is 2.26 bits per heavy atom. The summed E-state index contributed by atoms with van der Waals surface area (Å²) in [6.45, 7) is 5.79. The van der Waals surface area contributed by atoms with Crippen molar-refractivity contribution < 1.29 is 9.59 Å². The van der Waals surface area contributed by atoms with E-state index >= 15 is 0 Å². The molecule has 2 amide bonds. The Balaban J connectivity index is 2.64. The molecule has 2 N–H and O–H groups in total. The number of nitrogens with one attached hydrogen (secondary N) is 2. The number of carbonyl (C=O) groups is 2. The highest BCUT2D eigenvalue weighted by Crippen LogP contribution is 2.02. The summed E-state index contributed by atoms with van der Waals surface area (Å²) in [6.07, 6.45) is 0.350. The Hall–Kier alpha value is -2.10. The molecule has 102 valence electrons. The van der Waals surface area contributed by atoms with Crippen molar-refractivity contribution >= 4 is 11.8 Å². The van der Waals surface area contributed by atoms with Crippen LogP contribution in [0.1, 0.15) is 32.8 Å². The quantitative estimate of drug-likeness (QED) is 0.797. The molecule has 1 rings (SSSR count). The van der Waals surface area contributed by atoms with E-state index in [1.165, 1.54) is 0 Å². The number of rotatable bonds is 5. The fraction of sp³-hybridized carbons (Fsp3) is 0.333. The van der Waals surface area contributed by atoms with E-state index in [0.717, 1.165) is 11.1 Å². The standard InChI is InChI=1S/C15H20N2O2/c1-4-13(18)17-14(11(2)3)15(19)16-10-12-8-6-5-7-9-12/h5-9H,4,10H2,1-3H3,(H,16,19)(H,17,18). The third-order valence-corrected chi connectivity index (χ3v) is 2.61. The molecule has 0 fully saturated rings. The number of benzene rings is 1. The second-order valence-corrected chi connectivity index (χ2v) is 4.45. The third kappa shape index (κ3) is 4.95. The molecule has 0 aliphatic heterocycles. The number of carbonyl (C=O) groups excluding carboxylic acids is 2. The highest BCUT2D eigenvalue weighted by molar-refractivity contribution is 5.97. The average Bonchev–Trinajstić information content (AvgIpc) is 2.42. The molecule has 4 nitrogen and oxygen atoms in total. The van der Waals surface area contributed by atoms with Crippen LogP contribution in [0.5, 0.6) is 0 Å². The van der Waals surface area contributed by atoms with Gasteiger partial charge in [-0.3, -0.25) is 9.59 Å². The van der Waals surface area contributed by atoms with E-state index in [9.17, 15) is 9.59 Å². The van der Waals surface area contributed by atoms with Crippen LogP contribution < -0.4 is 10.6 Å². The molecule has 0 aliphatic carbocycles. The lowest BCUT2D eigenvalue weighted by molar-refractivity contribution is -0.123. The molecular formula is C15H20N2O2. The summed E-state index contributed by atoms with van der Waals surface area (Å²) in [5, 5.41) is 5.43. The first kappa shape index (κ1) is 15.0. The molecule has 1 aromatic rings. The number of hydrogen-bond acceptors (Lipinski definition) is 2. The summed E-state index contributed by atoms with van der Waals surface area (Å²) in [4.78, 5) is 23.4. The Bertz CT molecular complexity index is 474. The molecular weight excluding hydrogens is 240 g/mol. The van der Waals surface area contributed by atoms with Crippen LogP contribution in [0.25, 0.3) is 0 Å². The molecule has 0 saturated heterocycles. The second-order valence-electron chi connectivity index (χ2n) is 4.45.